The number of nitrogens with zero attached hydrogens (tertiary/aromatic N) is 1. The summed E-state index contributed by atoms with van der Waals surface area (Å²) in [5.41, 5.74) is 13.2. The number of halogens is 1. The molecule has 0 fully saturated rings. The average molecular weight is 672 g/mol. The molecule has 216 valence electrons. The van der Waals surface area contributed by atoms with E-state index in [4.69, 9.17) is 0 Å². The van der Waals surface area contributed by atoms with Crippen molar-refractivity contribution >= 4 is 34.2 Å². The van der Waals surface area contributed by atoms with Crippen LogP contribution in [0.3, 0.4) is 0 Å². The van der Waals surface area contributed by atoms with E-state index in [1.165, 1.54) is 16.7 Å². The van der Waals surface area contributed by atoms with Gasteiger partial charge in [-0.2, -0.15) is 0 Å². The van der Waals surface area contributed by atoms with Gasteiger partial charge in [0, 0.05) is 55.9 Å². The van der Waals surface area contributed by atoms with E-state index < -0.39 is 0 Å². The van der Waals surface area contributed by atoms with E-state index in [-0.39, 0.29) is 23.4 Å². The van der Waals surface area contributed by atoms with Crippen LogP contribution in [0.2, 0.25) is 0 Å². The minimum absolute atomic E-state index is 0.0663. The summed E-state index contributed by atoms with van der Waals surface area (Å²) in [6, 6.07) is 21.3. The van der Waals surface area contributed by atoms with Crippen molar-refractivity contribution in [3.63, 3.8) is 0 Å². The van der Waals surface area contributed by atoms with Crippen molar-refractivity contribution in [1.82, 2.24) is 14.5 Å². The largest absolute Gasteiger partial charge is 0.361 e. The molecule has 0 bridgehead atoms. The predicted octanol–water partition coefficient (Wildman–Crippen LogP) is 8.59. The number of benzene rings is 2. The van der Waals surface area contributed by atoms with Crippen LogP contribution in [-0.4, -0.2) is 26.1 Å². The van der Waals surface area contributed by atoms with Gasteiger partial charge in [0.25, 0.3) is 0 Å². The smallest absolute Gasteiger partial charge is 0.161 e. The molecule has 0 saturated heterocycles. The Bertz CT molecular complexity index is 1830. The SMILES string of the molecule is CC(=O)c1c(C)[nH]c(C(c2ccc(C(c3ccccc3C)c3c(C)c(C(C)=O)c(C)n3C)[nH]2)c2ccccc2I)c1C. The Hall–Kier alpha value is -3.65. The highest BCUT2D eigenvalue weighted by atomic mass is 127. The number of aryl methyl sites for hydroxylation is 2. The Balaban J connectivity index is 1.76. The number of ketones is 2. The number of carbonyl (C=O) groups is 2. The van der Waals surface area contributed by atoms with Crippen LogP contribution in [-0.2, 0) is 7.05 Å². The van der Waals surface area contributed by atoms with Crippen molar-refractivity contribution in [2.75, 3.05) is 0 Å². The molecule has 6 heteroatoms. The maximum Gasteiger partial charge on any atom is 0.161 e. The molecule has 3 aromatic heterocycles. The summed E-state index contributed by atoms with van der Waals surface area (Å²) in [5.74, 6) is -0.0801. The number of Topliss-reactive ketones (excluding diaryl/α,β-unsaturated/α-hetero) is 2. The Morgan fingerprint density at radius 3 is 1.83 bits per heavy atom. The van der Waals surface area contributed by atoms with Gasteiger partial charge in [0.15, 0.2) is 11.6 Å². The van der Waals surface area contributed by atoms with Crippen molar-refractivity contribution in [2.45, 2.75) is 60.3 Å². The summed E-state index contributed by atoms with van der Waals surface area (Å²) in [7, 11) is 2.06. The van der Waals surface area contributed by atoms with E-state index >= 15 is 0 Å². The molecule has 0 amide bonds. The van der Waals surface area contributed by atoms with E-state index in [0.29, 0.717) is 0 Å². The van der Waals surface area contributed by atoms with Gasteiger partial charge in [0.05, 0.1) is 11.8 Å². The molecule has 0 aliphatic carbocycles. The van der Waals surface area contributed by atoms with E-state index in [9.17, 15) is 9.59 Å². The second-order valence-electron chi connectivity index (χ2n) is 11.4. The average Bonchev–Trinajstić information content (AvgIpc) is 3.58. The molecule has 2 unspecified atom stereocenters. The highest BCUT2D eigenvalue weighted by molar-refractivity contribution is 14.1. The molecule has 0 aliphatic rings. The van der Waals surface area contributed by atoms with Crippen molar-refractivity contribution in [2.24, 2.45) is 7.05 Å². The van der Waals surface area contributed by atoms with E-state index in [0.717, 1.165) is 60.0 Å². The maximum absolute atomic E-state index is 12.7. The van der Waals surface area contributed by atoms with Crippen LogP contribution in [0.25, 0.3) is 0 Å². The summed E-state index contributed by atoms with van der Waals surface area (Å²) in [4.78, 5) is 32.7. The highest BCUT2D eigenvalue weighted by Crippen LogP contribution is 2.41. The fourth-order valence-corrected chi connectivity index (χ4v) is 7.54. The standard InChI is InChI=1S/C36H38IN3O2/c1-19-13-9-10-14-26(19)34(36-21(3)32(25(7)42)23(5)40(36)8)30-18-17-29(39-30)33(27-15-11-12-16-28(27)37)35-20(2)31(24(6)41)22(4)38-35/h9-18,33-34,38-39H,1-8H3. The molecule has 0 spiro atoms. The maximum atomic E-state index is 12.7. The number of hydrogen-bond acceptors (Lipinski definition) is 2. The lowest BCUT2D eigenvalue weighted by Crippen LogP contribution is -2.13. The van der Waals surface area contributed by atoms with Gasteiger partial charge in [-0.25, -0.2) is 0 Å². The molecule has 2 atom stereocenters. The van der Waals surface area contributed by atoms with E-state index in [2.05, 4.69) is 119 Å². The minimum Gasteiger partial charge on any atom is -0.361 e. The first-order valence-electron chi connectivity index (χ1n) is 14.3. The van der Waals surface area contributed by atoms with Crippen molar-refractivity contribution in [3.05, 3.63) is 137 Å². The highest BCUT2D eigenvalue weighted by Gasteiger charge is 2.31. The second-order valence-corrected chi connectivity index (χ2v) is 12.6. The third kappa shape index (κ3) is 5.00. The first kappa shape index (κ1) is 29.8. The van der Waals surface area contributed by atoms with Crippen LogP contribution >= 0.6 is 22.6 Å². The Kier molecular flexibility index (Phi) is 8.21. The summed E-state index contributed by atoms with van der Waals surface area (Å²) in [6.45, 7) is 13.5. The lowest BCUT2D eigenvalue weighted by atomic mass is 9.87. The van der Waals surface area contributed by atoms with E-state index in [1.54, 1.807) is 13.8 Å². The quantitative estimate of drug-likeness (QED) is 0.128. The number of carbonyl (C=O) groups excluding carboxylic acids is 2. The number of aromatic amines is 2. The topological polar surface area (TPSA) is 70.7 Å². The number of aromatic nitrogens is 3. The van der Waals surface area contributed by atoms with Gasteiger partial charge < -0.3 is 14.5 Å². The molecular formula is C36H38IN3O2. The Labute approximate surface area is 261 Å². The fraction of sp³-hybridized carbons (Fsp3) is 0.278. The third-order valence-electron chi connectivity index (χ3n) is 8.80. The lowest BCUT2D eigenvalue weighted by molar-refractivity contribution is 0.100. The second kappa shape index (κ2) is 11.6. The minimum atomic E-state index is -0.125. The summed E-state index contributed by atoms with van der Waals surface area (Å²) < 4.78 is 3.33. The van der Waals surface area contributed by atoms with Gasteiger partial charge in [0.1, 0.15) is 0 Å². The van der Waals surface area contributed by atoms with Gasteiger partial charge in [-0.1, -0.05) is 42.5 Å². The molecule has 0 saturated carbocycles. The van der Waals surface area contributed by atoms with Gasteiger partial charge in [-0.05, 0) is 117 Å². The predicted molar refractivity (Wildman–Crippen MR) is 178 cm³/mol. The first-order chi connectivity index (χ1) is 19.9. The number of rotatable bonds is 8. The van der Waals surface area contributed by atoms with Crippen LogP contribution < -0.4 is 0 Å². The summed E-state index contributed by atoms with van der Waals surface area (Å²) >= 11 is 2.40. The zero-order valence-corrected chi connectivity index (χ0v) is 27.7. The van der Waals surface area contributed by atoms with E-state index in [1.807, 2.05) is 20.8 Å². The number of H-pyrrole nitrogens is 2. The van der Waals surface area contributed by atoms with Gasteiger partial charge in [-0.3, -0.25) is 9.59 Å². The van der Waals surface area contributed by atoms with Crippen LogP contribution in [0.1, 0.15) is 108 Å². The van der Waals surface area contributed by atoms with Crippen LogP contribution in [0, 0.1) is 38.2 Å². The zero-order chi connectivity index (χ0) is 30.5. The van der Waals surface area contributed by atoms with Crippen molar-refractivity contribution in [3.8, 4) is 0 Å². The zero-order valence-electron chi connectivity index (χ0n) is 25.6. The van der Waals surface area contributed by atoms with Gasteiger partial charge in [0.2, 0.25) is 0 Å². The molecule has 2 N–H and O–H groups in total. The van der Waals surface area contributed by atoms with Crippen molar-refractivity contribution < 1.29 is 9.59 Å². The summed E-state index contributed by atoms with van der Waals surface area (Å²) in [5, 5.41) is 0. The third-order valence-corrected chi connectivity index (χ3v) is 9.78. The van der Waals surface area contributed by atoms with Crippen LogP contribution in [0.5, 0.6) is 0 Å². The Morgan fingerprint density at radius 2 is 1.29 bits per heavy atom. The monoisotopic (exact) mass is 671 g/mol. The van der Waals surface area contributed by atoms with Crippen molar-refractivity contribution in [1.29, 1.82) is 0 Å². The molecule has 5 nitrogen and oxygen atoms in total. The van der Waals surface area contributed by atoms with Gasteiger partial charge >= 0.3 is 0 Å². The molecule has 42 heavy (non-hydrogen) atoms. The molecule has 0 aliphatic heterocycles. The molecule has 3 heterocycles. The normalized spacial score (nSPS) is 12.9. The summed E-state index contributed by atoms with van der Waals surface area (Å²) in [6.07, 6.45) is 0. The number of hydrogen-bond donors (Lipinski definition) is 2. The Morgan fingerprint density at radius 1 is 0.714 bits per heavy atom. The van der Waals surface area contributed by atoms with Gasteiger partial charge in [-0.15, -0.1) is 0 Å². The molecule has 0 radical (unpaired) electrons. The van der Waals surface area contributed by atoms with Crippen LogP contribution in [0.4, 0.5) is 0 Å². The molecule has 5 rings (SSSR count). The molecule has 5 aromatic rings. The molecular weight excluding hydrogens is 633 g/mol. The number of nitrogens with one attached hydrogen (secondary N) is 2. The fourth-order valence-electron chi connectivity index (χ4n) is 6.85. The first-order valence-corrected chi connectivity index (χ1v) is 15.4. The molecule has 2 aromatic carbocycles. The lowest BCUT2D eigenvalue weighted by Gasteiger charge is -2.23. The van der Waals surface area contributed by atoms with Crippen LogP contribution in [0.15, 0.2) is 60.7 Å².